The molecule has 0 saturated heterocycles. The second-order valence-electron chi connectivity index (χ2n) is 6.19. The minimum Gasteiger partial charge on any atom is -0.348 e. The molecule has 0 aliphatic heterocycles. The fourth-order valence-corrected chi connectivity index (χ4v) is 3.22. The van der Waals surface area contributed by atoms with Gasteiger partial charge in [-0.1, -0.05) is 24.3 Å². The quantitative estimate of drug-likeness (QED) is 0.897. The Morgan fingerprint density at radius 2 is 2.12 bits per heavy atom. The van der Waals surface area contributed by atoms with Crippen molar-refractivity contribution < 1.29 is 9.59 Å². The monoisotopic (exact) mass is 326 g/mol. The summed E-state index contributed by atoms with van der Waals surface area (Å²) in [5.41, 5.74) is 3.70. The average molecular weight is 326 g/mol. The van der Waals surface area contributed by atoms with Gasteiger partial charge in [0.25, 0.3) is 5.91 Å². The van der Waals surface area contributed by atoms with Crippen molar-refractivity contribution >= 4 is 11.8 Å². The Balaban J connectivity index is 1.57. The topological polar surface area (TPSA) is 76.0 Å². The average Bonchev–Trinajstić information content (AvgIpc) is 2.91. The lowest BCUT2D eigenvalue weighted by molar-refractivity contribution is -0.121. The van der Waals surface area contributed by atoms with Crippen LogP contribution in [0.25, 0.3) is 0 Å². The van der Waals surface area contributed by atoms with Crippen molar-refractivity contribution in [2.75, 3.05) is 6.54 Å². The molecule has 3 rings (SSSR count). The van der Waals surface area contributed by atoms with Crippen molar-refractivity contribution in [1.82, 2.24) is 20.4 Å². The third kappa shape index (κ3) is 3.48. The molecule has 1 aliphatic rings. The van der Waals surface area contributed by atoms with Gasteiger partial charge in [0, 0.05) is 7.05 Å². The van der Waals surface area contributed by atoms with Crippen LogP contribution in [0.1, 0.15) is 46.2 Å². The van der Waals surface area contributed by atoms with Gasteiger partial charge in [0.1, 0.15) is 5.69 Å². The van der Waals surface area contributed by atoms with Gasteiger partial charge in [-0.3, -0.25) is 14.3 Å². The van der Waals surface area contributed by atoms with Crippen LogP contribution in [-0.2, 0) is 18.3 Å². The summed E-state index contributed by atoms with van der Waals surface area (Å²) in [6.07, 6.45) is 3.04. The highest BCUT2D eigenvalue weighted by atomic mass is 16.2. The Labute approximate surface area is 141 Å². The first-order chi connectivity index (χ1) is 11.5. The number of aryl methyl sites for hydroxylation is 3. The minimum atomic E-state index is -0.294. The molecule has 0 saturated carbocycles. The first-order valence-corrected chi connectivity index (χ1v) is 8.20. The van der Waals surface area contributed by atoms with Gasteiger partial charge in [-0.25, -0.2) is 0 Å². The van der Waals surface area contributed by atoms with Gasteiger partial charge in [-0.05, 0) is 43.4 Å². The number of nitrogens with zero attached hydrogens (tertiary/aromatic N) is 2. The molecular weight excluding hydrogens is 304 g/mol. The lowest BCUT2D eigenvalue weighted by atomic mass is 9.88. The van der Waals surface area contributed by atoms with Crippen molar-refractivity contribution in [3.8, 4) is 0 Å². The van der Waals surface area contributed by atoms with E-state index in [1.165, 1.54) is 15.8 Å². The molecule has 1 aliphatic carbocycles. The molecule has 1 aromatic carbocycles. The summed E-state index contributed by atoms with van der Waals surface area (Å²) in [5.74, 6) is -0.471. The molecule has 1 atom stereocenters. The first kappa shape index (κ1) is 16.2. The molecule has 1 heterocycles. The molecule has 0 radical (unpaired) electrons. The number of rotatable bonds is 4. The maximum absolute atomic E-state index is 12.2. The van der Waals surface area contributed by atoms with E-state index in [2.05, 4.69) is 27.9 Å². The van der Waals surface area contributed by atoms with E-state index in [0.29, 0.717) is 5.69 Å². The fourth-order valence-electron chi connectivity index (χ4n) is 3.22. The molecule has 126 valence electrons. The van der Waals surface area contributed by atoms with Gasteiger partial charge in [-0.2, -0.15) is 5.10 Å². The zero-order valence-electron chi connectivity index (χ0n) is 14.0. The minimum absolute atomic E-state index is 0.0262. The third-order valence-corrected chi connectivity index (χ3v) is 4.35. The van der Waals surface area contributed by atoms with E-state index in [-0.39, 0.29) is 24.4 Å². The van der Waals surface area contributed by atoms with Gasteiger partial charge in [0.05, 0.1) is 18.3 Å². The van der Waals surface area contributed by atoms with Crippen molar-refractivity contribution in [3.05, 3.63) is 52.8 Å². The summed E-state index contributed by atoms with van der Waals surface area (Å²) >= 11 is 0. The summed E-state index contributed by atoms with van der Waals surface area (Å²) in [4.78, 5) is 24.3. The molecule has 1 aromatic heterocycles. The van der Waals surface area contributed by atoms with E-state index < -0.39 is 0 Å². The standard InChI is InChI=1S/C18H22N4O2/c1-12-10-16(22(2)21-12)18(24)19-11-17(23)20-15-9-5-7-13-6-3-4-8-14(13)15/h3-4,6,8,10,15H,5,7,9,11H2,1-2H3,(H,19,24)(H,20,23). The second-order valence-corrected chi connectivity index (χ2v) is 6.19. The largest absolute Gasteiger partial charge is 0.348 e. The maximum Gasteiger partial charge on any atom is 0.269 e. The van der Waals surface area contributed by atoms with Crippen LogP contribution in [0.3, 0.4) is 0 Å². The highest BCUT2D eigenvalue weighted by Crippen LogP contribution is 2.29. The van der Waals surface area contributed by atoms with Crippen LogP contribution in [-0.4, -0.2) is 28.1 Å². The number of amides is 2. The molecular formula is C18H22N4O2. The van der Waals surface area contributed by atoms with E-state index in [9.17, 15) is 9.59 Å². The summed E-state index contributed by atoms with van der Waals surface area (Å²) < 4.78 is 1.51. The fraction of sp³-hybridized carbons (Fsp3) is 0.389. The van der Waals surface area contributed by atoms with Crippen LogP contribution in [0.5, 0.6) is 0 Å². The van der Waals surface area contributed by atoms with Crippen LogP contribution >= 0.6 is 0 Å². The molecule has 0 fully saturated rings. The van der Waals surface area contributed by atoms with Gasteiger partial charge in [-0.15, -0.1) is 0 Å². The molecule has 1 unspecified atom stereocenters. The number of aromatic nitrogens is 2. The molecule has 0 spiro atoms. The lowest BCUT2D eigenvalue weighted by Gasteiger charge is -2.26. The number of nitrogens with one attached hydrogen (secondary N) is 2. The van der Waals surface area contributed by atoms with Crippen LogP contribution in [0.2, 0.25) is 0 Å². The van der Waals surface area contributed by atoms with Gasteiger partial charge in [0.15, 0.2) is 0 Å². The molecule has 6 heteroatoms. The zero-order chi connectivity index (χ0) is 17.1. The molecule has 2 aromatic rings. The Kier molecular flexibility index (Phi) is 4.64. The van der Waals surface area contributed by atoms with Crippen molar-refractivity contribution in [2.45, 2.75) is 32.2 Å². The first-order valence-electron chi connectivity index (χ1n) is 8.20. The third-order valence-electron chi connectivity index (χ3n) is 4.35. The van der Waals surface area contributed by atoms with Gasteiger partial charge < -0.3 is 10.6 Å². The summed E-state index contributed by atoms with van der Waals surface area (Å²) in [5, 5.41) is 9.81. The Morgan fingerprint density at radius 1 is 1.33 bits per heavy atom. The van der Waals surface area contributed by atoms with Crippen LogP contribution in [0, 0.1) is 6.92 Å². The smallest absolute Gasteiger partial charge is 0.269 e. The highest BCUT2D eigenvalue weighted by Gasteiger charge is 2.21. The van der Waals surface area contributed by atoms with E-state index >= 15 is 0 Å². The lowest BCUT2D eigenvalue weighted by Crippen LogP contribution is -2.39. The van der Waals surface area contributed by atoms with E-state index in [0.717, 1.165) is 25.0 Å². The van der Waals surface area contributed by atoms with Crippen molar-refractivity contribution in [3.63, 3.8) is 0 Å². The van der Waals surface area contributed by atoms with E-state index in [4.69, 9.17) is 0 Å². The van der Waals surface area contributed by atoms with E-state index in [1.807, 2.05) is 19.1 Å². The SMILES string of the molecule is Cc1cc(C(=O)NCC(=O)NC2CCCc3ccccc32)n(C)n1. The Morgan fingerprint density at radius 3 is 2.88 bits per heavy atom. The molecule has 2 amide bonds. The maximum atomic E-state index is 12.2. The Bertz CT molecular complexity index is 766. The van der Waals surface area contributed by atoms with Crippen LogP contribution in [0.4, 0.5) is 0 Å². The number of carbonyl (C=O) groups excluding carboxylic acids is 2. The van der Waals surface area contributed by atoms with Crippen molar-refractivity contribution in [2.24, 2.45) is 7.05 Å². The second kappa shape index (κ2) is 6.86. The molecule has 0 bridgehead atoms. The predicted octanol–water partition coefficient (Wildman–Crippen LogP) is 1.65. The zero-order valence-corrected chi connectivity index (χ0v) is 14.0. The predicted molar refractivity (Wildman–Crippen MR) is 90.5 cm³/mol. The molecule has 24 heavy (non-hydrogen) atoms. The van der Waals surface area contributed by atoms with Crippen LogP contribution < -0.4 is 10.6 Å². The van der Waals surface area contributed by atoms with Crippen molar-refractivity contribution in [1.29, 1.82) is 0 Å². The van der Waals surface area contributed by atoms with Gasteiger partial charge in [0.2, 0.25) is 5.91 Å². The number of fused-ring (bicyclic) bond motifs is 1. The highest BCUT2D eigenvalue weighted by molar-refractivity contribution is 5.95. The molecule has 6 nitrogen and oxygen atoms in total. The Hall–Kier alpha value is -2.63. The summed E-state index contributed by atoms with van der Waals surface area (Å²) in [7, 11) is 1.71. The number of benzene rings is 1. The molecule has 2 N–H and O–H groups in total. The number of hydrogen-bond acceptors (Lipinski definition) is 3. The normalized spacial score (nSPS) is 16.3. The summed E-state index contributed by atoms with van der Waals surface area (Å²) in [6.45, 7) is 1.78. The van der Waals surface area contributed by atoms with Gasteiger partial charge >= 0.3 is 0 Å². The number of hydrogen-bond donors (Lipinski definition) is 2. The van der Waals surface area contributed by atoms with E-state index in [1.54, 1.807) is 13.1 Å². The van der Waals surface area contributed by atoms with Crippen LogP contribution in [0.15, 0.2) is 30.3 Å². The summed E-state index contributed by atoms with van der Waals surface area (Å²) in [6, 6.07) is 9.93. The number of carbonyl (C=O) groups is 2.